The Morgan fingerprint density at radius 1 is 1.09 bits per heavy atom. The van der Waals surface area contributed by atoms with E-state index in [-0.39, 0.29) is 30.0 Å². The average molecular weight is 648 g/mol. The standard InChI is InChI=1S/C34H45N7O4S/c1-7-32(42)40-16-8-9-28(40)24-10-11-29(41-21-27(22(41)2)34(3,4)46(6,43)44)26-20-36-31(19-25(24)26)37-30-12-15-35-33(38-30)39-17-13-23(45-5)14-18-39/h7,10-12,15,19-20,22-23,27-28H,1,8-9,13-14,16-18,21H2,2-6H3,(H,35,36,37,38)/t22-,27+,28-/m1/s1. The van der Waals surface area contributed by atoms with Gasteiger partial charge in [-0.15, -0.1) is 0 Å². The van der Waals surface area contributed by atoms with Gasteiger partial charge in [0.2, 0.25) is 11.9 Å². The molecule has 2 aromatic heterocycles. The van der Waals surface area contributed by atoms with Gasteiger partial charge < -0.3 is 24.8 Å². The SMILES string of the molecule is C=CC(=O)N1CCC[C@@H]1c1ccc(N2C[C@H](C(C)(C)S(C)(=O)=O)[C@H]2C)c2cnc(Nc3ccnc(N4CCC(OC)CC4)n3)cc12. The number of benzene rings is 1. The Morgan fingerprint density at radius 3 is 2.52 bits per heavy atom. The molecule has 246 valence electrons. The summed E-state index contributed by atoms with van der Waals surface area (Å²) >= 11 is 0. The zero-order valence-electron chi connectivity index (χ0n) is 27.4. The first kappa shape index (κ1) is 32.2. The fourth-order valence-corrected chi connectivity index (χ4v) is 8.14. The molecule has 3 aliphatic rings. The minimum atomic E-state index is -3.24. The lowest BCUT2D eigenvalue weighted by atomic mass is 9.79. The van der Waals surface area contributed by atoms with Gasteiger partial charge in [-0.25, -0.2) is 18.4 Å². The highest BCUT2D eigenvalue weighted by Gasteiger charge is 2.50. The van der Waals surface area contributed by atoms with Crippen LogP contribution in [0.5, 0.6) is 0 Å². The van der Waals surface area contributed by atoms with Gasteiger partial charge in [0.25, 0.3) is 0 Å². The summed E-state index contributed by atoms with van der Waals surface area (Å²) in [5.74, 6) is 1.88. The number of carbonyl (C=O) groups excluding carboxylic acids is 1. The van der Waals surface area contributed by atoms with E-state index in [4.69, 9.17) is 14.7 Å². The van der Waals surface area contributed by atoms with Gasteiger partial charge in [-0.05, 0) is 81.7 Å². The fourth-order valence-electron chi connectivity index (χ4n) is 7.32. The molecule has 12 heteroatoms. The highest BCUT2D eigenvalue weighted by molar-refractivity contribution is 7.92. The maximum atomic E-state index is 12.8. The summed E-state index contributed by atoms with van der Waals surface area (Å²) in [4.78, 5) is 33.3. The van der Waals surface area contributed by atoms with E-state index in [1.807, 2.05) is 37.1 Å². The summed E-state index contributed by atoms with van der Waals surface area (Å²) in [6, 6.07) is 8.04. The van der Waals surface area contributed by atoms with Crippen LogP contribution in [-0.2, 0) is 19.4 Å². The lowest BCUT2D eigenvalue weighted by Gasteiger charge is -2.54. The highest BCUT2D eigenvalue weighted by atomic mass is 32.2. The van der Waals surface area contributed by atoms with Gasteiger partial charge in [-0.2, -0.15) is 4.98 Å². The van der Waals surface area contributed by atoms with Crippen LogP contribution >= 0.6 is 0 Å². The summed E-state index contributed by atoms with van der Waals surface area (Å²) in [7, 11) is -1.48. The molecule has 0 unspecified atom stereocenters. The molecule has 3 atom stereocenters. The third kappa shape index (κ3) is 5.81. The summed E-state index contributed by atoms with van der Waals surface area (Å²) in [6.07, 6.45) is 10.3. The molecule has 0 spiro atoms. The van der Waals surface area contributed by atoms with Crippen LogP contribution in [0.1, 0.15) is 58.1 Å². The molecule has 5 heterocycles. The third-order valence-electron chi connectivity index (χ3n) is 10.6. The number of carbonyl (C=O) groups is 1. The van der Waals surface area contributed by atoms with Gasteiger partial charge in [0.05, 0.1) is 16.9 Å². The number of aromatic nitrogens is 3. The molecule has 46 heavy (non-hydrogen) atoms. The number of pyridine rings is 1. The van der Waals surface area contributed by atoms with Crippen LogP contribution in [0.25, 0.3) is 10.8 Å². The van der Waals surface area contributed by atoms with E-state index in [1.165, 1.54) is 12.3 Å². The van der Waals surface area contributed by atoms with Crippen molar-refractivity contribution in [2.45, 2.75) is 69.4 Å². The van der Waals surface area contributed by atoms with E-state index >= 15 is 0 Å². The maximum absolute atomic E-state index is 12.8. The Morgan fingerprint density at radius 2 is 1.85 bits per heavy atom. The van der Waals surface area contributed by atoms with Crippen LogP contribution in [0.2, 0.25) is 0 Å². The molecule has 1 aromatic carbocycles. The number of likely N-dealkylation sites (tertiary alicyclic amines) is 1. The number of rotatable bonds is 9. The predicted molar refractivity (Wildman–Crippen MR) is 182 cm³/mol. The van der Waals surface area contributed by atoms with E-state index in [0.717, 1.165) is 60.8 Å². The summed E-state index contributed by atoms with van der Waals surface area (Å²) in [5, 5.41) is 5.36. The minimum absolute atomic E-state index is 0.00564. The topological polar surface area (TPSA) is 121 Å². The minimum Gasteiger partial charge on any atom is -0.381 e. The lowest BCUT2D eigenvalue weighted by molar-refractivity contribution is -0.126. The molecule has 0 aliphatic carbocycles. The van der Waals surface area contributed by atoms with Gasteiger partial charge in [0, 0.05) is 75.0 Å². The van der Waals surface area contributed by atoms with E-state index in [0.29, 0.717) is 30.7 Å². The Kier molecular flexibility index (Phi) is 8.71. The van der Waals surface area contributed by atoms with Crippen molar-refractivity contribution in [1.82, 2.24) is 19.9 Å². The molecule has 1 N–H and O–H groups in total. The van der Waals surface area contributed by atoms with Crippen molar-refractivity contribution < 1.29 is 17.9 Å². The zero-order chi connectivity index (χ0) is 32.8. The van der Waals surface area contributed by atoms with Crippen LogP contribution < -0.4 is 15.1 Å². The van der Waals surface area contributed by atoms with Crippen LogP contribution in [0, 0.1) is 5.92 Å². The van der Waals surface area contributed by atoms with Crippen molar-refractivity contribution in [3.8, 4) is 0 Å². The Balaban J connectivity index is 1.34. The summed E-state index contributed by atoms with van der Waals surface area (Å²) < 4.78 is 29.9. The molecule has 11 nitrogen and oxygen atoms in total. The molecule has 3 fully saturated rings. The smallest absolute Gasteiger partial charge is 0.246 e. The van der Waals surface area contributed by atoms with Crippen LogP contribution in [-0.4, -0.2) is 90.6 Å². The Bertz CT molecular complexity index is 1740. The number of sulfone groups is 1. The van der Waals surface area contributed by atoms with E-state index in [2.05, 4.69) is 45.7 Å². The quantitative estimate of drug-likeness (QED) is 0.322. The Labute approximate surface area is 272 Å². The van der Waals surface area contributed by atoms with Crippen molar-refractivity contribution in [3.05, 3.63) is 54.9 Å². The number of hydrogen-bond donors (Lipinski definition) is 1. The van der Waals surface area contributed by atoms with Gasteiger partial charge in [-0.1, -0.05) is 12.6 Å². The average Bonchev–Trinajstić information content (AvgIpc) is 3.53. The number of nitrogens with zero attached hydrogens (tertiary/aromatic N) is 6. The van der Waals surface area contributed by atoms with Gasteiger partial charge in [0.15, 0.2) is 9.84 Å². The van der Waals surface area contributed by atoms with Crippen molar-refractivity contribution >= 4 is 49.8 Å². The largest absolute Gasteiger partial charge is 0.381 e. The molecule has 0 bridgehead atoms. The molecular weight excluding hydrogens is 602 g/mol. The first-order chi connectivity index (χ1) is 21.9. The number of nitrogens with one attached hydrogen (secondary N) is 1. The molecule has 6 rings (SSSR count). The molecule has 3 saturated heterocycles. The molecule has 0 saturated carbocycles. The first-order valence-corrected chi connectivity index (χ1v) is 18.0. The Hall–Kier alpha value is -3.77. The van der Waals surface area contributed by atoms with E-state index in [9.17, 15) is 13.2 Å². The van der Waals surface area contributed by atoms with Crippen molar-refractivity contribution in [3.63, 3.8) is 0 Å². The number of methoxy groups -OCH3 is 1. The first-order valence-electron chi connectivity index (χ1n) is 16.1. The third-order valence-corrected chi connectivity index (χ3v) is 12.8. The van der Waals surface area contributed by atoms with Gasteiger partial charge in [-0.3, -0.25) is 4.79 Å². The maximum Gasteiger partial charge on any atom is 0.246 e. The monoisotopic (exact) mass is 647 g/mol. The fraction of sp³-hybridized carbons (Fsp3) is 0.529. The number of anilines is 4. The van der Waals surface area contributed by atoms with Crippen molar-refractivity contribution in [2.24, 2.45) is 5.92 Å². The second kappa shape index (κ2) is 12.4. The highest BCUT2D eigenvalue weighted by Crippen LogP contribution is 2.45. The van der Waals surface area contributed by atoms with Crippen LogP contribution in [0.4, 0.5) is 23.3 Å². The second-order valence-electron chi connectivity index (χ2n) is 13.3. The molecule has 1 amide bonds. The van der Waals surface area contributed by atoms with Crippen molar-refractivity contribution in [1.29, 1.82) is 0 Å². The lowest BCUT2D eigenvalue weighted by Crippen LogP contribution is -2.64. The summed E-state index contributed by atoms with van der Waals surface area (Å²) in [6.45, 7) is 12.5. The summed E-state index contributed by atoms with van der Waals surface area (Å²) in [5.41, 5.74) is 2.07. The van der Waals surface area contributed by atoms with Crippen LogP contribution in [0.3, 0.4) is 0 Å². The second-order valence-corrected chi connectivity index (χ2v) is 15.9. The van der Waals surface area contributed by atoms with Crippen molar-refractivity contribution in [2.75, 3.05) is 54.7 Å². The van der Waals surface area contributed by atoms with Crippen LogP contribution in [0.15, 0.2) is 49.3 Å². The van der Waals surface area contributed by atoms with E-state index < -0.39 is 14.6 Å². The van der Waals surface area contributed by atoms with Gasteiger partial charge >= 0.3 is 0 Å². The van der Waals surface area contributed by atoms with E-state index in [1.54, 1.807) is 13.3 Å². The molecular formula is C34H45N7O4S. The van der Waals surface area contributed by atoms with Gasteiger partial charge in [0.1, 0.15) is 11.6 Å². The predicted octanol–water partition coefficient (Wildman–Crippen LogP) is 4.88. The number of fused-ring (bicyclic) bond motifs is 1. The zero-order valence-corrected chi connectivity index (χ0v) is 28.3. The molecule has 3 aliphatic heterocycles. The number of amides is 1. The number of hydrogen-bond acceptors (Lipinski definition) is 10. The number of ether oxygens (including phenoxy) is 1. The molecule has 0 radical (unpaired) electrons. The number of piperidine rings is 1. The molecule has 3 aromatic rings. The normalized spacial score (nSPS) is 22.6.